The van der Waals surface area contributed by atoms with Crippen molar-refractivity contribution in [2.45, 2.75) is 55.3 Å². The number of hydrogen-bond acceptors (Lipinski definition) is 0. The first-order valence-corrected chi connectivity index (χ1v) is 7.87. The highest BCUT2D eigenvalue weighted by molar-refractivity contribution is 14.1. The summed E-state index contributed by atoms with van der Waals surface area (Å²) in [6.07, 6.45) is -33.5. The minimum absolute atomic E-state index is 0.542. The van der Waals surface area contributed by atoms with E-state index in [1.807, 2.05) is 0 Å². The van der Waals surface area contributed by atoms with Crippen molar-refractivity contribution in [1.82, 2.24) is 0 Å². The molecule has 0 heterocycles. The second kappa shape index (κ2) is 7.64. The van der Waals surface area contributed by atoms with Gasteiger partial charge in [-0.3, -0.25) is 0 Å². The molecule has 15 heteroatoms. The van der Waals surface area contributed by atoms with Crippen LogP contribution in [0.2, 0.25) is 0 Å². The van der Waals surface area contributed by atoms with Gasteiger partial charge < -0.3 is 0 Å². The molecule has 0 atom stereocenters. The molecule has 0 aliphatic heterocycles. The second-order valence-electron chi connectivity index (χ2n) is 5.35. The minimum Gasteiger partial charge on any atom is -0.224 e. The lowest BCUT2D eigenvalue weighted by Gasteiger charge is -2.36. The van der Waals surface area contributed by atoms with E-state index < -0.39 is 65.7 Å². The van der Waals surface area contributed by atoms with Crippen molar-refractivity contribution in [3.8, 4) is 0 Å². The summed E-state index contributed by atoms with van der Waals surface area (Å²) in [6.45, 7) is 0. The molecule has 0 saturated carbocycles. The van der Waals surface area contributed by atoms with Crippen molar-refractivity contribution < 1.29 is 61.5 Å². The molecule has 0 aromatic carbocycles. The Kier molecular flexibility index (Phi) is 7.57. The molecule has 0 unspecified atom stereocenters. The predicted molar refractivity (Wildman–Crippen MR) is 68.1 cm³/mol. The Hall–Kier alpha value is -0.250. The largest absolute Gasteiger partial charge is 0.431 e. The van der Waals surface area contributed by atoms with Crippen LogP contribution < -0.4 is 0 Å². The highest BCUT2D eigenvalue weighted by Gasteiger charge is 2.75. The standard InChI is InChI=1S/C11H9F14I/c12-6(8(14,15)16,9(17,18)19)3-5(1-2-26)4-7(13,10(20,21)22)11(23,24)25/h5H,1-4H2. The van der Waals surface area contributed by atoms with Gasteiger partial charge in [-0.05, 0) is 16.8 Å². The van der Waals surface area contributed by atoms with E-state index in [9.17, 15) is 61.5 Å². The molecule has 0 amide bonds. The van der Waals surface area contributed by atoms with E-state index >= 15 is 0 Å². The van der Waals surface area contributed by atoms with Crippen molar-refractivity contribution in [3.63, 3.8) is 0 Å². The van der Waals surface area contributed by atoms with Crippen LogP contribution in [-0.2, 0) is 0 Å². The van der Waals surface area contributed by atoms with Crippen LogP contribution in [0.4, 0.5) is 61.5 Å². The lowest BCUT2D eigenvalue weighted by atomic mass is 9.81. The molecule has 0 rings (SSSR count). The van der Waals surface area contributed by atoms with Gasteiger partial charge in [0, 0.05) is 12.8 Å². The van der Waals surface area contributed by atoms with Crippen LogP contribution in [0.15, 0.2) is 0 Å². The van der Waals surface area contributed by atoms with Gasteiger partial charge in [0.05, 0.1) is 0 Å². The van der Waals surface area contributed by atoms with Gasteiger partial charge in [-0.15, -0.1) is 0 Å². The maximum atomic E-state index is 13.6. The Morgan fingerprint density at radius 1 is 0.500 bits per heavy atom. The first-order chi connectivity index (χ1) is 11.1. The average molecular weight is 534 g/mol. The van der Waals surface area contributed by atoms with Crippen LogP contribution in [0, 0.1) is 5.92 Å². The molecule has 0 aromatic rings. The third-order valence-corrected chi connectivity index (χ3v) is 4.08. The summed E-state index contributed by atoms with van der Waals surface area (Å²) in [5.74, 6) is -2.85. The van der Waals surface area contributed by atoms with Gasteiger partial charge in [-0.1, -0.05) is 22.6 Å². The molecule has 0 radical (unpaired) electrons. The topological polar surface area (TPSA) is 0 Å². The zero-order valence-electron chi connectivity index (χ0n) is 12.1. The van der Waals surface area contributed by atoms with Gasteiger partial charge >= 0.3 is 24.7 Å². The third kappa shape index (κ3) is 5.17. The van der Waals surface area contributed by atoms with E-state index in [1.165, 1.54) is 22.6 Å². The maximum Gasteiger partial charge on any atom is 0.431 e. The molecule has 0 N–H and O–H groups in total. The first-order valence-electron chi connectivity index (χ1n) is 6.34. The summed E-state index contributed by atoms with van der Waals surface area (Å²) < 4.78 is 176. The zero-order valence-corrected chi connectivity index (χ0v) is 14.2. The normalized spacial score (nSPS) is 15.7. The van der Waals surface area contributed by atoms with Gasteiger partial charge in [0.15, 0.2) is 0 Å². The summed E-state index contributed by atoms with van der Waals surface area (Å²) in [5, 5.41) is 0. The van der Waals surface area contributed by atoms with Crippen LogP contribution in [0.25, 0.3) is 0 Å². The molecule has 0 aromatic heterocycles. The maximum absolute atomic E-state index is 13.6. The molecule has 0 fully saturated rings. The van der Waals surface area contributed by atoms with E-state index in [2.05, 4.69) is 0 Å². The molecule has 158 valence electrons. The number of halogens is 15. The fourth-order valence-electron chi connectivity index (χ4n) is 2.01. The van der Waals surface area contributed by atoms with Crippen molar-refractivity contribution in [1.29, 1.82) is 0 Å². The third-order valence-electron chi connectivity index (χ3n) is 3.45. The van der Waals surface area contributed by atoms with E-state index in [4.69, 9.17) is 0 Å². The summed E-state index contributed by atoms with van der Waals surface area (Å²) in [5.41, 5.74) is -12.2. The first kappa shape index (κ1) is 25.8. The monoisotopic (exact) mass is 534 g/mol. The summed E-state index contributed by atoms with van der Waals surface area (Å²) in [7, 11) is 0. The van der Waals surface area contributed by atoms with Gasteiger partial charge in [0.1, 0.15) is 0 Å². The fraction of sp³-hybridized carbons (Fsp3) is 1.00. The van der Waals surface area contributed by atoms with Crippen molar-refractivity contribution in [2.75, 3.05) is 4.43 Å². The van der Waals surface area contributed by atoms with Crippen LogP contribution in [0.1, 0.15) is 19.3 Å². The molecular formula is C11H9F14I. The van der Waals surface area contributed by atoms with Crippen molar-refractivity contribution >= 4 is 22.6 Å². The molecule has 0 bridgehead atoms. The van der Waals surface area contributed by atoms with Crippen LogP contribution >= 0.6 is 22.6 Å². The van der Waals surface area contributed by atoms with Crippen LogP contribution in [-0.4, -0.2) is 40.5 Å². The van der Waals surface area contributed by atoms with Gasteiger partial charge in [-0.2, -0.15) is 52.7 Å². The van der Waals surface area contributed by atoms with Gasteiger partial charge in [0.2, 0.25) is 0 Å². The summed E-state index contributed by atoms with van der Waals surface area (Å²) >= 11 is 1.22. The predicted octanol–water partition coefficient (Wildman–Crippen LogP) is 6.87. The Morgan fingerprint density at radius 2 is 0.731 bits per heavy atom. The van der Waals surface area contributed by atoms with Crippen LogP contribution in [0.3, 0.4) is 0 Å². The molecule has 0 aliphatic carbocycles. The van der Waals surface area contributed by atoms with E-state index in [1.54, 1.807) is 0 Å². The van der Waals surface area contributed by atoms with Crippen molar-refractivity contribution in [2.24, 2.45) is 5.92 Å². The highest BCUT2D eigenvalue weighted by atomic mass is 127. The molecule has 0 spiro atoms. The molecule has 0 saturated heterocycles. The van der Waals surface area contributed by atoms with E-state index in [0.29, 0.717) is 0 Å². The number of rotatable bonds is 6. The summed E-state index contributed by atoms with van der Waals surface area (Å²) in [4.78, 5) is 0. The second-order valence-corrected chi connectivity index (χ2v) is 6.42. The zero-order chi connectivity index (χ0) is 21.4. The molecule has 0 nitrogen and oxygen atoms in total. The Bertz CT molecular complexity index is 387. The fourth-order valence-corrected chi connectivity index (χ4v) is 2.89. The van der Waals surface area contributed by atoms with E-state index in [0.717, 1.165) is 0 Å². The Morgan fingerprint density at radius 3 is 0.885 bits per heavy atom. The quantitative estimate of drug-likeness (QED) is 0.198. The smallest absolute Gasteiger partial charge is 0.224 e. The lowest BCUT2D eigenvalue weighted by molar-refractivity contribution is -0.356. The molecule has 26 heavy (non-hydrogen) atoms. The average Bonchev–Trinajstić information content (AvgIpc) is 2.33. The van der Waals surface area contributed by atoms with Crippen LogP contribution in [0.5, 0.6) is 0 Å². The van der Waals surface area contributed by atoms with Gasteiger partial charge in [-0.25, -0.2) is 8.78 Å². The number of hydrogen-bond donors (Lipinski definition) is 0. The lowest BCUT2D eigenvalue weighted by Crippen LogP contribution is -2.57. The SMILES string of the molecule is FC(F)(F)C(F)(CC(CCI)CC(F)(C(F)(F)F)C(F)(F)F)C(F)(F)F. The summed E-state index contributed by atoms with van der Waals surface area (Å²) in [6, 6.07) is 0. The van der Waals surface area contributed by atoms with E-state index in [-0.39, 0.29) is 0 Å². The number of alkyl halides is 15. The Balaban J connectivity index is 6.02. The highest BCUT2D eigenvalue weighted by Crippen LogP contribution is 2.54. The van der Waals surface area contributed by atoms with Gasteiger partial charge in [0.25, 0.3) is 11.3 Å². The minimum atomic E-state index is -6.68. The Labute approximate surface area is 150 Å². The van der Waals surface area contributed by atoms with Crippen molar-refractivity contribution in [3.05, 3.63) is 0 Å². The molecular weight excluding hydrogens is 525 g/mol. The molecule has 0 aliphatic rings.